The molecule has 1 aliphatic carbocycles. The maximum absolute atomic E-state index is 14.3. The molecule has 1 atom stereocenters. The number of hydrogen-bond acceptors (Lipinski definition) is 1. The molecule has 0 amide bonds. The van der Waals surface area contributed by atoms with Gasteiger partial charge in [0.1, 0.15) is 5.82 Å². The lowest BCUT2D eigenvalue weighted by atomic mass is 9.99. The molecule has 20 heavy (non-hydrogen) atoms. The number of H-pyrrole nitrogens is 1. The minimum absolute atomic E-state index is 0.0682. The molecule has 1 saturated heterocycles. The Kier molecular flexibility index (Phi) is 2.84. The van der Waals surface area contributed by atoms with Crippen LogP contribution in [-0.4, -0.2) is 29.5 Å². The summed E-state index contributed by atoms with van der Waals surface area (Å²) in [4.78, 5) is 5.92. The van der Waals surface area contributed by atoms with Gasteiger partial charge >= 0.3 is 0 Å². The first-order valence-electron chi connectivity index (χ1n) is 7.73. The molecule has 1 saturated carbocycles. The maximum Gasteiger partial charge on any atom is 0.132 e. The molecule has 3 heteroatoms. The second-order valence-electron chi connectivity index (χ2n) is 6.43. The van der Waals surface area contributed by atoms with Crippen LogP contribution in [0.5, 0.6) is 0 Å². The van der Waals surface area contributed by atoms with Gasteiger partial charge in [0.25, 0.3) is 0 Å². The van der Waals surface area contributed by atoms with E-state index in [1.807, 2.05) is 6.07 Å². The van der Waals surface area contributed by atoms with Crippen LogP contribution >= 0.6 is 0 Å². The topological polar surface area (TPSA) is 19.0 Å². The number of benzene rings is 1. The summed E-state index contributed by atoms with van der Waals surface area (Å²) in [6.07, 6.45) is 6.00. The van der Waals surface area contributed by atoms with Crippen molar-refractivity contribution < 1.29 is 4.39 Å². The number of aromatic nitrogens is 1. The van der Waals surface area contributed by atoms with Crippen LogP contribution in [0.15, 0.2) is 18.2 Å². The Balaban J connectivity index is 1.80. The molecule has 2 heterocycles. The zero-order valence-corrected chi connectivity index (χ0v) is 12.0. The summed E-state index contributed by atoms with van der Waals surface area (Å²) >= 11 is 0. The fourth-order valence-electron chi connectivity index (χ4n) is 3.70. The molecule has 0 spiro atoms. The van der Waals surface area contributed by atoms with Gasteiger partial charge in [-0.1, -0.05) is 6.07 Å². The normalized spacial score (nSPS) is 23.8. The van der Waals surface area contributed by atoms with E-state index in [1.54, 1.807) is 12.1 Å². The van der Waals surface area contributed by atoms with Crippen molar-refractivity contribution in [3.8, 4) is 0 Å². The fourth-order valence-corrected chi connectivity index (χ4v) is 3.70. The molecule has 2 nitrogen and oxygen atoms in total. The molecule has 2 aliphatic rings. The first kappa shape index (κ1) is 12.4. The number of nitrogens with zero attached hydrogens (tertiary/aromatic N) is 1. The Bertz CT molecular complexity index is 642. The summed E-state index contributed by atoms with van der Waals surface area (Å²) in [6, 6.07) is 5.98. The number of halogens is 1. The Labute approximate surface area is 119 Å². The summed E-state index contributed by atoms with van der Waals surface area (Å²) in [7, 11) is 2.19. The van der Waals surface area contributed by atoms with E-state index in [1.165, 1.54) is 43.5 Å². The van der Waals surface area contributed by atoms with Gasteiger partial charge in [0.05, 0.1) is 0 Å². The predicted molar refractivity (Wildman–Crippen MR) is 79.6 cm³/mol. The highest BCUT2D eigenvalue weighted by Crippen LogP contribution is 2.44. The number of nitrogens with one attached hydrogen (secondary N) is 1. The molecule has 4 rings (SSSR count). The van der Waals surface area contributed by atoms with Gasteiger partial charge in [-0.25, -0.2) is 4.39 Å². The van der Waals surface area contributed by atoms with Crippen molar-refractivity contribution in [1.29, 1.82) is 0 Å². The predicted octanol–water partition coefficient (Wildman–Crippen LogP) is 3.82. The minimum Gasteiger partial charge on any atom is -0.358 e. The molecule has 0 bridgehead atoms. The van der Waals surface area contributed by atoms with Gasteiger partial charge in [-0.3, -0.25) is 0 Å². The third-order valence-electron chi connectivity index (χ3n) is 5.01. The van der Waals surface area contributed by atoms with E-state index in [4.69, 9.17) is 0 Å². The summed E-state index contributed by atoms with van der Waals surface area (Å²) in [5.74, 6) is 0.574. The molecular weight excluding hydrogens is 251 g/mol. The highest BCUT2D eigenvalue weighted by molar-refractivity contribution is 5.85. The zero-order chi connectivity index (χ0) is 13.7. The van der Waals surface area contributed by atoms with Crippen molar-refractivity contribution in [2.75, 3.05) is 13.6 Å². The Morgan fingerprint density at radius 3 is 2.85 bits per heavy atom. The van der Waals surface area contributed by atoms with E-state index in [2.05, 4.69) is 16.9 Å². The minimum atomic E-state index is -0.0682. The molecule has 2 aromatic rings. The Morgan fingerprint density at radius 2 is 2.15 bits per heavy atom. The van der Waals surface area contributed by atoms with Gasteiger partial charge in [0.15, 0.2) is 0 Å². The fraction of sp³-hybridized carbons (Fsp3) is 0.529. The van der Waals surface area contributed by atoms with Crippen molar-refractivity contribution in [2.45, 2.75) is 44.1 Å². The SMILES string of the molecule is CN1CCC[C@@H]1Cc1c(C2CC2)[nH]c2cccc(F)c12. The summed E-state index contributed by atoms with van der Waals surface area (Å²) in [5, 5.41) is 0.842. The van der Waals surface area contributed by atoms with Crippen LogP contribution in [0.1, 0.15) is 42.9 Å². The lowest BCUT2D eigenvalue weighted by Gasteiger charge is -2.20. The van der Waals surface area contributed by atoms with Crippen molar-refractivity contribution in [1.82, 2.24) is 9.88 Å². The first-order valence-corrected chi connectivity index (χ1v) is 7.73. The standard InChI is InChI=1S/C17H21FN2/c1-20-9-3-4-12(20)10-13-16-14(18)5-2-6-15(16)19-17(13)11-7-8-11/h2,5-6,11-12,19H,3-4,7-10H2,1H3/t12-/m1/s1. The molecular formula is C17H21FN2. The maximum atomic E-state index is 14.3. The van der Waals surface area contributed by atoms with Gasteiger partial charge in [-0.2, -0.15) is 0 Å². The smallest absolute Gasteiger partial charge is 0.132 e. The van der Waals surface area contributed by atoms with Crippen LogP contribution in [0.25, 0.3) is 10.9 Å². The third kappa shape index (κ3) is 1.96. The van der Waals surface area contributed by atoms with Gasteiger partial charge in [0.2, 0.25) is 0 Å². The lowest BCUT2D eigenvalue weighted by molar-refractivity contribution is 0.309. The summed E-state index contributed by atoms with van der Waals surface area (Å²) in [5.41, 5.74) is 3.53. The quantitative estimate of drug-likeness (QED) is 0.900. The molecule has 0 unspecified atom stereocenters. The third-order valence-corrected chi connectivity index (χ3v) is 5.01. The number of aromatic amines is 1. The van der Waals surface area contributed by atoms with Crippen molar-refractivity contribution in [2.24, 2.45) is 0 Å². The van der Waals surface area contributed by atoms with Gasteiger partial charge < -0.3 is 9.88 Å². The van der Waals surface area contributed by atoms with E-state index in [0.29, 0.717) is 12.0 Å². The van der Waals surface area contributed by atoms with Gasteiger partial charge in [-0.05, 0) is 69.3 Å². The second-order valence-corrected chi connectivity index (χ2v) is 6.43. The Morgan fingerprint density at radius 1 is 1.30 bits per heavy atom. The van der Waals surface area contributed by atoms with E-state index in [0.717, 1.165) is 17.3 Å². The van der Waals surface area contributed by atoms with E-state index in [-0.39, 0.29) is 5.82 Å². The zero-order valence-electron chi connectivity index (χ0n) is 12.0. The molecule has 2 fully saturated rings. The monoisotopic (exact) mass is 272 g/mol. The van der Waals surface area contributed by atoms with E-state index < -0.39 is 0 Å². The van der Waals surface area contributed by atoms with Gasteiger partial charge in [-0.15, -0.1) is 0 Å². The highest BCUT2D eigenvalue weighted by Gasteiger charge is 2.31. The van der Waals surface area contributed by atoms with E-state index >= 15 is 0 Å². The molecule has 0 radical (unpaired) electrons. The van der Waals surface area contributed by atoms with Gasteiger partial charge in [0, 0.05) is 22.6 Å². The molecule has 1 aliphatic heterocycles. The van der Waals surface area contributed by atoms with Crippen LogP contribution in [0.4, 0.5) is 4.39 Å². The number of rotatable bonds is 3. The molecule has 1 N–H and O–H groups in total. The lowest BCUT2D eigenvalue weighted by Crippen LogP contribution is -2.27. The Hall–Kier alpha value is -1.35. The number of likely N-dealkylation sites (tertiary alicyclic amines) is 1. The largest absolute Gasteiger partial charge is 0.358 e. The summed E-state index contributed by atoms with van der Waals surface area (Å²) in [6.45, 7) is 1.17. The second kappa shape index (κ2) is 4.59. The first-order chi connectivity index (χ1) is 9.74. The van der Waals surface area contributed by atoms with E-state index in [9.17, 15) is 4.39 Å². The van der Waals surface area contributed by atoms with Crippen LogP contribution in [0.2, 0.25) is 0 Å². The molecule has 1 aromatic carbocycles. The van der Waals surface area contributed by atoms with Crippen molar-refractivity contribution in [3.05, 3.63) is 35.3 Å². The van der Waals surface area contributed by atoms with Crippen LogP contribution < -0.4 is 0 Å². The van der Waals surface area contributed by atoms with Crippen LogP contribution in [-0.2, 0) is 6.42 Å². The average Bonchev–Trinajstić information content (AvgIpc) is 3.10. The molecule has 106 valence electrons. The number of hydrogen-bond donors (Lipinski definition) is 1. The van der Waals surface area contributed by atoms with Crippen molar-refractivity contribution in [3.63, 3.8) is 0 Å². The highest BCUT2D eigenvalue weighted by atomic mass is 19.1. The number of likely N-dealkylation sites (N-methyl/N-ethyl adjacent to an activating group) is 1. The van der Waals surface area contributed by atoms with Crippen molar-refractivity contribution >= 4 is 10.9 Å². The number of fused-ring (bicyclic) bond motifs is 1. The molecule has 1 aromatic heterocycles. The van der Waals surface area contributed by atoms with Crippen LogP contribution in [0.3, 0.4) is 0 Å². The summed E-state index contributed by atoms with van der Waals surface area (Å²) < 4.78 is 14.3. The average molecular weight is 272 g/mol. The van der Waals surface area contributed by atoms with Crippen LogP contribution in [0, 0.1) is 5.82 Å².